The van der Waals surface area contributed by atoms with E-state index in [2.05, 4.69) is 19.2 Å². The van der Waals surface area contributed by atoms with E-state index >= 15 is 0 Å². The van der Waals surface area contributed by atoms with Crippen LogP contribution in [0.5, 0.6) is 0 Å². The maximum atomic E-state index is 5.80. The Balaban J connectivity index is 2.11. The van der Waals surface area contributed by atoms with E-state index in [1.165, 1.54) is 19.3 Å². The maximum absolute atomic E-state index is 5.80. The van der Waals surface area contributed by atoms with Gasteiger partial charge < -0.3 is 11.1 Å². The maximum Gasteiger partial charge on any atom is 0.0162 e. The van der Waals surface area contributed by atoms with Crippen molar-refractivity contribution < 1.29 is 0 Å². The minimum Gasteiger partial charge on any atom is -0.327 e. The summed E-state index contributed by atoms with van der Waals surface area (Å²) >= 11 is 0. The van der Waals surface area contributed by atoms with Crippen LogP contribution >= 0.6 is 0 Å². The third kappa shape index (κ3) is 2.46. The summed E-state index contributed by atoms with van der Waals surface area (Å²) in [5.41, 5.74) is 6.22. The molecule has 0 aliphatic heterocycles. The molecule has 1 saturated carbocycles. The SMILES string of the molecule is CCC(N)CNC1(C)CCC1. The minimum absolute atomic E-state index is 0.340. The van der Waals surface area contributed by atoms with Crippen LogP contribution < -0.4 is 11.1 Å². The van der Waals surface area contributed by atoms with Crippen molar-refractivity contribution in [3.05, 3.63) is 0 Å². The molecular weight excluding hydrogens is 136 g/mol. The van der Waals surface area contributed by atoms with Crippen molar-refractivity contribution in [2.75, 3.05) is 6.54 Å². The van der Waals surface area contributed by atoms with Crippen LogP contribution in [0.2, 0.25) is 0 Å². The standard InChI is InChI=1S/C9H20N2/c1-3-8(10)7-11-9(2)5-4-6-9/h8,11H,3-7,10H2,1-2H3. The van der Waals surface area contributed by atoms with E-state index in [-0.39, 0.29) is 0 Å². The van der Waals surface area contributed by atoms with Gasteiger partial charge in [-0.3, -0.25) is 0 Å². The first-order valence-corrected chi connectivity index (χ1v) is 4.67. The molecule has 2 heteroatoms. The molecule has 1 aliphatic carbocycles. The highest BCUT2D eigenvalue weighted by atomic mass is 15.0. The predicted octanol–water partition coefficient (Wildman–Crippen LogP) is 1.26. The first kappa shape index (κ1) is 9.01. The summed E-state index contributed by atoms with van der Waals surface area (Å²) in [6.45, 7) is 5.40. The molecule has 1 atom stereocenters. The van der Waals surface area contributed by atoms with Crippen LogP contribution in [0, 0.1) is 0 Å². The van der Waals surface area contributed by atoms with Gasteiger partial charge in [0.1, 0.15) is 0 Å². The van der Waals surface area contributed by atoms with Crippen molar-refractivity contribution in [3.63, 3.8) is 0 Å². The quantitative estimate of drug-likeness (QED) is 0.643. The molecule has 11 heavy (non-hydrogen) atoms. The predicted molar refractivity (Wildman–Crippen MR) is 48.5 cm³/mol. The van der Waals surface area contributed by atoms with Gasteiger partial charge in [-0.05, 0) is 32.6 Å². The summed E-state index contributed by atoms with van der Waals surface area (Å²) in [4.78, 5) is 0. The average molecular weight is 156 g/mol. The van der Waals surface area contributed by atoms with Crippen LogP contribution in [0.15, 0.2) is 0 Å². The normalized spacial score (nSPS) is 24.3. The van der Waals surface area contributed by atoms with E-state index < -0.39 is 0 Å². The van der Waals surface area contributed by atoms with Crippen molar-refractivity contribution in [3.8, 4) is 0 Å². The van der Waals surface area contributed by atoms with Crippen LogP contribution in [0.1, 0.15) is 39.5 Å². The summed E-state index contributed by atoms with van der Waals surface area (Å²) in [5, 5.41) is 3.52. The number of hydrogen-bond donors (Lipinski definition) is 2. The number of nitrogens with two attached hydrogens (primary N) is 1. The molecule has 2 nitrogen and oxygen atoms in total. The number of hydrogen-bond acceptors (Lipinski definition) is 2. The lowest BCUT2D eigenvalue weighted by molar-refractivity contribution is 0.205. The van der Waals surface area contributed by atoms with Gasteiger partial charge in [0.05, 0.1) is 0 Å². The first-order chi connectivity index (χ1) is 5.16. The Bertz CT molecular complexity index is 119. The summed E-state index contributed by atoms with van der Waals surface area (Å²) < 4.78 is 0. The van der Waals surface area contributed by atoms with Crippen LogP contribution in [0.4, 0.5) is 0 Å². The highest BCUT2D eigenvalue weighted by Crippen LogP contribution is 2.30. The Morgan fingerprint density at radius 2 is 2.18 bits per heavy atom. The summed E-state index contributed by atoms with van der Waals surface area (Å²) in [6.07, 6.45) is 5.10. The van der Waals surface area contributed by atoms with Crippen LogP contribution in [-0.2, 0) is 0 Å². The molecule has 0 amide bonds. The third-order valence-corrected chi connectivity index (χ3v) is 2.77. The minimum atomic E-state index is 0.340. The molecule has 0 heterocycles. The van der Waals surface area contributed by atoms with E-state index in [0.717, 1.165) is 13.0 Å². The zero-order valence-corrected chi connectivity index (χ0v) is 7.69. The smallest absolute Gasteiger partial charge is 0.0162 e. The molecule has 0 radical (unpaired) electrons. The Kier molecular flexibility index (Phi) is 2.90. The van der Waals surface area contributed by atoms with E-state index in [0.29, 0.717) is 11.6 Å². The van der Waals surface area contributed by atoms with E-state index in [4.69, 9.17) is 5.73 Å². The Hall–Kier alpha value is -0.0800. The Morgan fingerprint density at radius 3 is 2.55 bits per heavy atom. The molecule has 1 aliphatic rings. The second-order valence-corrected chi connectivity index (χ2v) is 3.96. The van der Waals surface area contributed by atoms with Gasteiger partial charge in [0, 0.05) is 18.1 Å². The highest BCUT2D eigenvalue weighted by molar-refractivity contribution is 4.92. The molecule has 1 rings (SSSR count). The molecule has 0 aromatic heterocycles. The van der Waals surface area contributed by atoms with Crippen molar-refractivity contribution in [2.24, 2.45) is 5.73 Å². The molecule has 0 saturated heterocycles. The fourth-order valence-corrected chi connectivity index (χ4v) is 1.41. The van der Waals surface area contributed by atoms with Gasteiger partial charge in [0.25, 0.3) is 0 Å². The van der Waals surface area contributed by atoms with Gasteiger partial charge in [-0.2, -0.15) is 0 Å². The number of rotatable bonds is 4. The van der Waals surface area contributed by atoms with Crippen molar-refractivity contribution >= 4 is 0 Å². The molecule has 0 aromatic rings. The lowest BCUT2D eigenvalue weighted by Gasteiger charge is -2.40. The van der Waals surface area contributed by atoms with Gasteiger partial charge in [-0.15, -0.1) is 0 Å². The lowest BCUT2D eigenvalue weighted by atomic mass is 9.78. The van der Waals surface area contributed by atoms with E-state index in [1.54, 1.807) is 0 Å². The van der Waals surface area contributed by atoms with Crippen LogP contribution in [0.25, 0.3) is 0 Å². The second kappa shape index (κ2) is 3.55. The molecule has 0 bridgehead atoms. The van der Waals surface area contributed by atoms with Gasteiger partial charge in [0.15, 0.2) is 0 Å². The summed E-state index contributed by atoms with van der Waals surface area (Å²) in [6, 6.07) is 0.340. The second-order valence-electron chi connectivity index (χ2n) is 3.96. The average Bonchev–Trinajstić information content (AvgIpc) is 1.96. The molecule has 1 fully saturated rings. The molecule has 3 N–H and O–H groups in total. The molecular formula is C9H20N2. The topological polar surface area (TPSA) is 38.0 Å². The molecule has 0 aromatic carbocycles. The van der Waals surface area contributed by atoms with Gasteiger partial charge in [-0.25, -0.2) is 0 Å². The number of nitrogens with one attached hydrogen (secondary N) is 1. The lowest BCUT2D eigenvalue weighted by Crippen LogP contribution is -2.51. The van der Waals surface area contributed by atoms with Crippen molar-refractivity contribution in [1.29, 1.82) is 0 Å². The summed E-state index contributed by atoms with van der Waals surface area (Å²) in [7, 11) is 0. The van der Waals surface area contributed by atoms with Crippen LogP contribution in [0.3, 0.4) is 0 Å². The molecule has 0 spiro atoms. The first-order valence-electron chi connectivity index (χ1n) is 4.67. The largest absolute Gasteiger partial charge is 0.327 e. The van der Waals surface area contributed by atoms with Crippen LogP contribution in [-0.4, -0.2) is 18.1 Å². The molecule has 66 valence electrons. The fourth-order valence-electron chi connectivity index (χ4n) is 1.41. The van der Waals surface area contributed by atoms with Gasteiger partial charge in [-0.1, -0.05) is 6.92 Å². The third-order valence-electron chi connectivity index (χ3n) is 2.77. The molecule has 1 unspecified atom stereocenters. The summed E-state index contributed by atoms with van der Waals surface area (Å²) in [5.74, 6) is 0. The van der Waals surface area contributed by atoms with Crippen molar-refractivity contribution in [2.45, 2.75) is 51.1 Å². The van der Waals surface area contributed by atoms with Gasteiger partial charge in [0.2, 0.25) is 0 Å². The van der Waals surface area contributed by atoms with E-state index in [1.807, 2.05) is 0 Å². The zero-order chi connectivity index (χ0) is 8.32. The Labute approximate surface area is 69.5 Å². The Morgan fingerprint density at radius 1 is 1.55 bits per heavy atom. The highest BCUT2D eigenvalue weighted by Gasteiger charge is 2.30. The van der Waals surface area contributed by atoms with E-state index in [9.17, 15) is 0 Å². The van der Waals surface area contributed by atoms with Gasteiger partial charge >= 0.3 is 0 Å². The fraction of sp³-hybridized carbons (Fsp3) is 1.00. The monoisotopic (exact) mass is 156 g/mol. The van der Waals surface area contributed by atoms with Crippen molar-refractivity contribution in [1.82, 2.24) is 5.32 Å². The zero-order valence-electron chi connectivity index (χ0n) is 7.69.